The maximum atomic E-state index is 4.31. The second-order valence-electron chi connectivity index (χ2n) is 3.99. The fourth-order valence-corrected chi connectivity index (χ4v) is 1.09. The number of hydrogen-bond donors (Lipinski definition) is 1. The number of nitrogens with zero attached hydrogens (tertiary/aromatic N) is 3. The van der Waals surface area contributed by atoms with E-state index in [2.05, 4.69) is 27.4 Å². The van der Waals surface area contributed by atoms with E-state index in [1.807, 2.05) is 13.8 Å². The van der Waals surface area contributed by atoms with Crippen LogP contribution in [0.25, 0.3) is 0 Å². The maximum absolute atomic E-state index is 4.31. The van der Waals surface area contributed by atoms with E-state index in [9.17, 15) is 0 Å². The first-order valence-electron chi connectivity index (χ1n) is 4.55. The van der Waals surface area contributed by atoms with E-state index in [0.29, 0.717) is 5.95 Å². The maximum Gasteiger partial charge on any atom is 0.243 e. The molecule has 0 aliphatic heterocycles. The van der Waals surface area contributed by atoms with E-state index in [1.165, 1.54) is 12.8 Å². The summed E-state index contributed by atoms with van der Waals surface area (Å²) in [7, 11) is 0. The van der Waals surface area contributed by atoms with E-state index < -0.39 is 0 Å². The molecule has 0 bridgehead atoms. The number of rotatable bonds is 2. The molecule has 0 atom stereocenters. The minimum absolute atomic E-state index is 0.226. The third-order valence-electron chi connectivity index (χ3n) is 2.51. The highest BCUT2D eigenvalue weighted by molar-refractivity contribution is 5.32. The number of anilines is 1. The summed E-state index contributed by atoms with van der Waals surface area (Å²) in [6.45, 7) is 6.04. The van der Waals surface area contributed by atoms with Gasteiger partial charge in [-0.25, -0.2) is 4.98 Å². The lowest BCUT2D eigenvalue weighted by atomic mass is 10.3. The van der Waals surface area contributed by atoms with Gasteiger partial charge in [-0.1, -0.05) is 0 Å². The van der Waals surface area contributed by atoms with Crippen LogP contribution in [0.5, 0.6) is 0 Å². The molecule has 0 saturated heterocycles. The number of hydrogen-bond acceptors (Lipinski definition) is 4. The van der Waals surface area contributed by atoms with E-state index in [1.54, 1.807) is 0 Å². The number of aryl methyl sites for hydroxylation is 2. The van der Waals surface area contributed by atoms with Gasteiger partial charge in [0, 0.05) is 5.54 Å². The van der Waals surface area contributed by atoms with E-state index >= 15 is 0 Å². The summed E-state index contributed by atoms with van der Waals surface area (Å²) < 4.78 is 0. The van der Waals surface area contributed by atoms with Crippen LogP contribution < -0.4 is 5.32 Å². The Kier molecular flexibility index (Phi) is 1.71. The molecule has 2 rings (SSSR count). The molecular formula is C9H14N4. The van der Waals surface area contributed by atoms with Crippen molar-refractivity contribution in [2.45, 2.75) is 39.2 Å². The van der Waals surface area contributed by atoms with Crippen molar-refractivity contribution < 1.29 is 0 Å². The van der Waals surface area contributed by atoms with Crippen LogP contribution in [0.15, 0.2) is 0 Å². The van der Waals surface area contributed by atoms with Crippen molar-refractivity contribution in [2.24, 2.45) is 0 Å². The summed E-state index contributed by atoms with van der Waals surface area (Å²) in [5.41, 5.74) is 2.07. The van der Waals surface area contributed by atoms with Crippen LogP contribution in [-0.4, -0.2) is 20.7 Å². The molecule has 0 amide bonds. The highest BCUT2D eigenvalue weighted by atomic mass is 15.3. The normalized spacial score (nSPS) is 18.4. The molecule has 0 radical (unpaired) electrons. The van der Waals surface area contributed by atoms with Gasteiger partial charge in [0.05, 0.1) is 11.4 Å². The fraction of sp³-hybridized carbons (Fsp3) is 0.667. The standard InChI is InChI=1S/C9H14N4/c1-6-7(2)12-13-8(10-6)11-9(3)4-5-9/h4-5H2,1-3H3,(H,10,11,13). The van der Waals surface area contributed by atoms with Crippen LogP contribution in [0.2, 0.25) is 0 Å². The van der Waals surface area contributed by atoms with Crippen molar-refractivity contribution in [3.63, 3.8) is 0 Å². The summed E-state index contributed by atoms with van der Waals surface area (Å²) in [4.78, 5) is 4.31. The topological polar surface area (TPSA) is 50.7 Å². The molecule has 1 fully saturated rings. The zero-order chi connectivity index (χ0) is 9.47. The highest BCUT2D eigenvalue weighted by Crippen LogP contribution is 2.37. The Bertz CT molecular complexity index is 330. The molecule has 13 heavy (non-hydrogen) atoms. The third kappa shape index (κ3) is 1.76. The van der Waals surface area contributed by atoms with Crippen LogP contribution in [0.3, 0.4) is 0 Å². The van der Waals surface area contributed by atoms with Gasteiger partial charge >= 0.3 is 0 Å². The third-order valence-corrected chi connectivity index (χ3v) is 2.51. The minimum atomic E-state index is 0.226. The Morgan fingerprint density at radius 1 is 1.15 bits per heavy atom. The van der Waals surface area contributed by atoms with Crippen molar-refractivity contribution in [3.05, 3.63) is 11.4 Å². The van der Waals surface area contributed by atoms with Gasteiger partial charge < -0.3 is 5.32 Å². The molecule has 1 saturated carbocycles. The molecule has 70 valence electrons. The van der Waals surface area contributed by atoms with Gasteiger partial charge in [-0.05, 0) is 33.6 Å². The second-order valence-corrected chi connectivity index (χ2v) is 3.99. The molecule has 4 nitrogen and oxygen atoms in total. The molecule has 1 N–H and O–H groups in total. The average Bonchev–Trinajstić information content (AvgIpc) is 2.76. The molecule has 0 unspecified atom stereocenters. The Morgan fingerprint density at radius 3 is 2.38 bits per heavy atom. The first-order chi connectivity index (χ1) is 6.09. The van der Waals surface area contributed by atoms with E-state index in [4.69, 9.17) is 0 Å². The van der Waals surface area contributed by atoms with Gasteiger partial charge in [-0.3, -0.25) is 0 Å². The van der Waals surface area contributed by atoms with Gasteiger partial charge in [-0.15, -0.1) is 5.10 Å². The number of nitrogens with one attached hydrogen (secondary N) is 1. The molecule has 1 aliphatic carbocycles. The predicted octanol–water partition coefficient (Wildman–Crippen LogP) is 1.45. The Hall–Kier alpha value is -1.19. The van der Waals surface area contributed by atoms with Gasteiger partial charge in [-0.2, -0.15) is 5.10 Å². The monoisotopic (exact) mass is 178 g/mol. The molecule has 1 aromatic heterocycles. The van der Waals surface area contributed by atoms with Gasteiger partial charge in [0.15, 0.2) is 0 Å². The predicted molar refractivity (Wildman–Crippen MR) is 50.6 cm³/mol. The van der Waals surface area contributed by atoms with Crippen LogP contribution in [-0.2, 0) is 0 Å². The van der Waals surface area contributed by atoms with Crippen molar-refractivity contribution >= 4 is 5.95 Å². The van der Waals surface area contributed by atoms with Gasteiger partial charge in [0.1, 0.15) is 0 Å². The summed E-state index contributed by atoms with van der Waals surface area (Å²) in [6, 6.07) is 0. The lowest BCUT2D eigenvalue weighted by Crippen LogP contribution is -2.19. The molecule has 1 aromatic rings. The largest absolute Gasteiger partial charge is 0.348 e. The molecule has 4 heteroatoms. The van der Waals surface area contributed by atoms with Crippen LogP contribution in [0.1, 0.15) is 31.2 Å². The number of aromatic nitrogens is 3. The Morgan fingerprint density at radius 2 is 1.85 bits per heavy atom. The smallest absolute Gasteiger partial charge is 0.243 e. The summed E-state index contributed by atoms with van der Waals surface area (Å²) in [6.07, 6.45) is 2.40. The van der Waals surface area contributed by atoms with Crippen LogP contribution in [0, 0.1) is 13.8 Å². The van der Waals surface area contributed by atoms with Crippen molar-refractivity contribution in [1.82, 2.24) is 15.2 Å². The lowest BCUT2D eigenvalue weighted by molar-refractivity contribution is 0.785. The molecule has 0 aromatic carbocycles. The summed E-state index contributed by atoms with van der Waals surface area (Å²) in [5.74, 6) is 0.656. The van der Waals surface area contributed by atoms with Crippen LogP contribution in [0.4, 0.5) is 5.95 Å². The average molecular weight is 178 g/mol. The van der Waals surface area contributed by atoms with E-state index in [-0.39, 0.29) is 5.54 Å². The quantitative estimate of drug-likeness (QED) is 0.744. The first kappa shape index (κ1) is 8.41. The molecule has 1 heterocycles. The molecular weight excluding hydrogens is 164 g/mol. The van der Waals surface area contributed by atoms with Crippen molar-refractivity contribution in [1.29, 1.82) is 0 Å². The lowest BCUT2D eigenvalue weighted by Gasteiger charge is -2.10. The minimum Gasteiger partial charge on any atom is -0.348 e. The Balaban J connectivity index is 2.17. The van der Waals surface area contributed by atoms with Crippen molar-refractivity contribution in [2.75, 3.05) is 5.32 Å². The summed E-state index contributed by atoms with van der Waals surface area (Å²) in [5, 5.41) is 11.3. The SMILES string of the molecule is Cc1nnc(NC2(C)CC2)nc1C. The van der Waals surface area contributed by atoms with Crippen molar-refractivity contribution in [3.8, 4) is 0 Å². The van der Waals surface area contributed by atoms with Gasteiger partial charge in [0.25, 0.3) is 0 Å². The molecule has 1 aliphatic rings. The summed E-state index contributed by atoms with van der Waals surface area (Å²) >= 11 is 0. The van der Waals surface area contributed by atoms with Gasteiger partial charge in [0.2, 0.25) is 5.95 Å². The van der Waals surface area contributed by atoms with Crippen LogP contribution >= 0.6 is 0 Å². The first-order valence-corrected chi connectivity index (χ1v) is 4.55. The Labute approximate surface area is 77.8 Å². The highest BCUT2D eigenvalue weighted by Gasteiger charge is 2.37. The fourth-order valence-electron chi connectivity index (χ4n) is 1.09. The zero-order valence-corrected chi connectivity index (χ0v) is 8.26. The van der Waals surface area contributed by atoms with E-state index in [0.717, 1.165) is 11.4 Å². The second kappa shape index (κ2) is 2.65. The molecule has 0 spiro atoms. The zero-order valence-electron chi connectivity index (χ0n) is 8.26.